The number of hydrogen-bond acceptors (Lipinski definition) is 4. The number of aryl methyl sites for hydroxylation is 1. The molecule has 0 saturated heterocycles. The highest BCUT2D eigenvalue weighted by molar-refractivity contribution is 5.01. The van der Waals surface area contributed by atoms with Crippen molar-refractivity contribution in [2.24, 2.45) is 0 Å². The Morgan fingerprint density at radius 3 is 2.88 bits per heavy atom. The Hall–Kier alpha value is -1.65. The lowest BCUT2D eigenvalue weighted by Crippen LogP contribution is -2.08. The number of imidazole rings is 1. The molecule has 0 aromatic carbocycles. The highest BCUT2D eigenvalue weighted by atomic mass is 16.5. The van der Waals surface area contributed by atoms with Gasteiger partial charge in [0.25, 0.3) is 0 Å². The second kappa shape index (κ2) is 5.12. The van der Waals surface area contributed by atoms with Crippen LogP contribution < -0.4 is 0 Å². The van der Waals surface area contributed by atoms with E-state index in [2.05, 4.69) is 33.5 Å². The summed E-state index contributed by atoms with van der Waals surface area (Å²) in [6.07, 6.45) is 5.63. The normalized spacial score (nSPS) is 12.9. The van der Waals surface area contributed by atoms with Gasteiger partial charge in [-0.2, -0.15) is 4.98 Å². The van der Waals surface area contributed by atoms with E-state index in [1.807, 2.05) is 19.3 Å². The molecule has 2 aromatic rings. The first kappa shape index (κ1) is 11.8. The van der Waals surface area contributed by atoms with Crippen molar-refractivity contribution in [1.29, 1.82) is 0 Å². The Labute approximate surface area is 101 Å². The molecule has 2 heterocycles. The van der Waals surface area contributed by atoms with Crippen molar-refractivity contribution in [3.63, 3.8) is 0 Å². The molecule has 0 amide bonds. The smallest absolute Gasteiger partial charge is 0.226 e. The van der Waals surface area contributed by atoms with Gasteiger partial charge in [0.15, 0.2) is 5.82 Å². The van der Waals surface area contributed by atoms with E-state index in [0.717, 1.165) is 18.7 Å². The van der Waals surface area contributed by atoms with Crippen LogP contribution in [0, 0.1) is 0 Å². The van der Waals surface area contributed by atoms with Crippen LogP contribution in [0.4, 0.5) is 0 Å². The number of rotatable bonds is 5. The summed E-state index contributed by atoms with van der Waals surface area (Å²) >= 11 is 0. The van der Waals surface area contributed by atoms with Crippen LogP contribution in [0.2, 0.25) is 0 Å². The topological polar surface area (TPSA) is 56.7 Å². The van der Waals surface area contributed by atoms with Crippen molar-refractivity contribution in [3.8, 4) is 0 Å². The summed E-state index contributed by atoms with van der Waals surface area (Å²) in [5.74, 6) is 2.92. The molecule has 5 nitrogen and oxygen atoms in total. The molecule has 1 atom stereocenters. The molecule has 2 aromatic heterocycles. The summed E-state index contributed by atoms with van der Waals surface area (Å²) in [6.45, 7) is 6.96. The van der Waals surface area contributed by atoms with Gasteiger partial charge < -0.3 is 9.09 Å². The zero-order valence-corrected chi connectivity index (χ0v) is 10.6. The fourth-order valence-corrected chi connectivity index (χ4v) is 1.72. The van der Waals surface area contributed by atoms with Crippen LogP contribution in [0.3, 0.4) is 0 Å². The molecule has 92 valence electrons. The first-order chi connectivity index (χ1) is 8.24. The van der Waals surface area contributed by atoms with Gasteiger partial charge in [0.2, 0.25) is 5.89 Å². The molecule has 0 fully saturated rings. The predicted molar refractivity (Wildman–Crippen MR) is 63.7 cm³/mol. The van der Waals surface area contributed by atoms with E-state index in [1.165, 1.54) is 0 Å². The molecule has 17 heavy (non-hydrogen) atoms. The first-order valence-electron chi connectivity index (χ1n) is 6.07. The molecule has 0 bridgehead atoms. The van der Waals surface area contributed by atoms with Gasteiger partial charge in [-0.25, -0.2) is 4.98 Å². The lowest BCUT2D eigenvalue weighted by molar-refractivity contribution is 0.375. The van der Waals surface area contributed by atoms with Crippen LogP contribution in [0.25, 0.3) is 0 Å². The number of hydrogen-bond donors (Lipinski definition) is 0. The van der Waals surface area contributed by atoms with Gasteiger partial charge in [-0.05, 0) is 6.42 Å². The third-order valence-electron chi connectivity index (χ3n) is 2.93. The van der Waals surface area contributed by atoms with Crippen LogP contribution in [-0.2, 0) is 13.0 Å². The fraction of sp³-hybridized carbons (Fsp3) is 0.583. The van der Waals surface area contributed by atoms with Crippen molar-refractivity contribution >= 4 is 0 Å². The summed E-state index contributed by atoms with van der Waals surface area (Å²) in [5.41, 5.74) is 0. The average molecular weight is 234 g/mol. The maximum absolute atomic E-state index is 5.09. The molecule has 0 N–H and O–H groups in total. The standard InChI is InChI=1S/C12H18N4O/c1-4-9(3)12-13-6-7-16(12)8-10-14-11(5-2)17-15-10/h6-7,9H,4-5,8H2,1-3H3/t9-/m0/s1. The lowest BCUT2D eigenvalue weighted by Gasteiger charge is -2.10. The number of nitrogens with zero attached hydrogens (tertiary/aromatic N) is 4. The van der Waals surface area contributed by atoms with Gasteiger partial charge in [-0.3, -0.25) is 0 Å². The van der Waals surface area contributed by atoms with Crippen molar-refractivity contribution in [2.75, 3.05) is 0 Å². The van der Waals surface area contributed by atoms with Gasteiger partial charge in [0.05, 0.1) is 6.54 Å². The van der Waals surface area contributed by atoms with E-state index in [1.54, 1.807) is 0 Å². The molecule has 0 aliphatic carbocycles. The summed E-state index contributed by atoms with van der Waals surface area (Å²) in [7, 11) is 0. The molecule has 0 unspecified atom stereocenters. The maximum atomic E-state index is 5.09. The Morgan fingerprint density at radius 1 is 1.41 bits per heavy atom. The van der Waals surface area contributed by atoms with E-state index in [4.69, 9.17) is 4.52 Å². The van der Waals surface area contributed by atoms with Gasteiger partial charge in [0, 0.05) is 24.7 Å². The maximum Gasteiger partial charge on any atom is 0.226 e. The molecular weight excluding hydrogens is 216 g/mol. The van der Waals surface area contributed by atoms with Crippen molar-refractivity contribution in [3.05, 3.63) is 29.9 Å². The SMILES string of the molecule is CCc1nc(Cn2ccnc2[C@@H](C)CC)no1. The van der Waals surface area contributed by atoms with Crippen LogP contribution in [0.5, 0.6) is 0 Å². The lowest BCUT2D eigenvalue weighted by atomic mass is 10.1. The molecule has 2 rings (SSSR count). The predicted octanol–water partition coefficient (Wildman–Crippen LogP) is 2.39. The van der Waals surface area contributed by atoms with Crippen LogP contribution in [0.1, 0.15) is 50.6 Å². The minimum absolute atomic E-state index is 0.447. The molecule has 0 aliphatic rings. The fourth-order valence-electron chi connectivity index (χ4n) is 1.72. The minimum atomic E-state index is 0.447. The zero-order valence-electron chi connectivity index (χ0n) is 10.6. The van der Waals surface area contributed by atoms with Crippen LogP contribution in [0.15, 0.2) is 16.9 Å². The van der Waals surface area contributed by atoms with Crippen molar-refractivity contribution in [2.45, 2.75) is 46.1 Å². The summed E-state index contributed by atoms with van der Waals surface area (Å²) < 4.78 is 7.18. The highest BCUT2D eigenvalue weighted by Gasteiger charge is 2.12. The summed E-state index contributed by atoms with van der Waals surface area (Å²) in [5, 5.41) is 3.95. The molecule has 5 heteroatoms. The van der Waals surface area contributed by atoms with E-state index in [0.29, 0.717) is 24.2 Å². The van der Waals surface area contributed by atoms with Crippen molar-refractivity contribution < 1.29 is 4.52 Å². The second-order valence-corrected chi connectivity index (χ2v) is 4.18. The molecule has 0 radical (unpaired) electrons. The minimum Gasteiger partial charge on any atom is -0.339 e. The Kier molecular flexibility index (Phi) is 3.56. The molecule has 0 aliphatic heterocycles. The van der Waals surface area contributed by atoms with E-state index >= 15 is 0 Å². The Morgan fingerprint density at radius 2 is 2.24 bits per heavy atom. The second-order valence-electron chi connectivity index (χ2n) is 4.18. The van der Waals surface area contributed by atoms with Crippen LogP contribution >= 0.6 is 0 Å². The van der Waals surface area contributed by atoms with E-state index in [-0.39, 0.29) is 0 Å². The molecule has 0 spiro atoms. The van der Waals surface area contributed by atoms with Crippen LogP contribution in [-0.4, -0.2) is 19.7 Å². The molecular formula is C12H18N4O. The highest BCUT2D eigenvalue weighted by Crippen LogP contribution is 2.17. The average Bonchev–Trinajstić information content (AvgIpc) is 2.97. The monoisotopic (exact) mass is 234 g/mol. The molecule has 0 saturated carbocycles. The van der Waals surface area contributed by atoms with Gasteiger partial charge >= 0.3 is 0 Å². The van der Waals surface area contributed by atoms with Gasteiger partial charge in [0.1, 0.15) is 5.82 Å². The first-order valence-corrected chi connectivity index (χ1v) is 6.07. The Bertz CT molecular complexity index is 474. The third-order valence-corrected chi connectivity index (χ3v) is 2.93. The van der Waals surface area contributed by atoms with E-state index < -0.39 is 0 Å². The Balaban J connectivity index is 2.15. The quantitative estimate of drug-likeness (QED) is 0.797. The third kappa shape index (κ3) is 2.54. The van der Waals surface area contributed by atoms with Gasteiger partial charge in [-0.1, -0.05) is 25.9 Å². The zero-order chi connectivity index (χ0) is 12.3. The largest absolute Gasteiger partial charge is 0.339 e. The summed E-state index contributed by atoms with van der Waals surface area (Å²) in [4.78, 5) is 8.69. The summed E-state index contributed by atoms with van der Waals surface area (Å²) in [6, 6.07) is 0. The van der Waals surface area contributed by atoms with E-state index in [9.17, 15) is 0 Å². The number of aromatic nitrogens is 4. The van der Waals surface area contributed by atoms with Gasteiger partial charge in [-0.15, -0.1) is 0 Å². The van der Waals surface area contributed by atoms with Crippen molar-refractivity contribution in [1.82, 2.24) is 19.7 Å².